The first-order valence-electron chi connectivity index (χ1n) is 8.47. The molecule has 28 heavy (non-hydrogen) atoms. The lowest BCUT2D eigenvalue weighted by Gasteiger charge is -2.25. The van der Waals surface area contributed by atoms with Gasteiger partial charge in [-0.05, 0) is 48.9 Å². The van der Waals surface area contributed by atoms with Crippen molar-refractivity contribution >= 4 is 27.3 Å². The second-order valence-electron chi connectivity index (χ2n) is 6.33. The number of nitrogens with zero attached hydrogens (tertiary/aromatic N) is 4. The molecule has 7 nitrogen and oxygen atoms in total. The van der Waals surface area contributed by atoms with Crippen molar-refractivity contribution in [2.45, 2.75) is 17.9 Å². The molecule has 1 aromatic heterocycles. The molecule has 3 aromatic rings. The number of hydrogen-bond donors (Lipinski definition) is 0. The Labute approximate surface area is 168 Å². The third-order valence-corrected chi connectivity index (χ3v) is 6.39. The molecule has 0 bridgehead atoms. The van der Waals surface area contributed by atoms with Gasteiger partial charge in [-0.15, -0.1) is 0 Å². The van der Waals surface area contributed by atoms with Gasteiger partial charge in [0.25, 0.3) is 0 Å². The normalized spacial score (nSPS) is 12.5. The Bertz CT molecular complexity index is 1050. The van der Waals surface area contributed by atoms with Crippen LogP contribution in [-0.4, -0.2) is 46.8 Å². The summed E-state index contributed by atoms with van der Waals surface area (Å²) in [4.78, 5) is 18.0. The third kappa shape index (κ3) is 4.40. The maximum Gasteiger partial charge on any atom is 0.238 e. The van der Waals surface area contributed by atoms with Gasteiger partial charge in [0.1, 0.15) is 18.4 Å². The second kappa shape index (κ2) is 8.12. The van der Waals surface area contributed by atoms with Gasteiger partial charge >= 0.3 is 0 Å². The molecule has 1 heterocycles. The molecule has 0 saturated carbocycles. The van der Waals surface area contributed by atoms with Crippen molar-refractivity contribution in [3.05, 3.63) is 71.8 Å². The Morgan fingerprint density at radius 1 is 1.14 bits per heavy atom. The molecule has 1 atom stereocenters. The molecule has 0 unspecified atom stereocenters. The molecular formula is C19H19ClN4O3S. The van der Waals surface area contributed by atoms with Gasteiger partial charge in [-0.25, -0.2) is 18.1 Å². The fraction of sp³-hybridized carbons (Fsp3) is 0.211. The van der Waals surface area contributed by atoms with E-state index in [4.69, 9.17) is 11.6 Å². The summed E-state index contributed by atoms with van der Waals surface area (Å²) < 4.78 is 26.6. The van der Waals surface area contributed by atoms with Crippen molar-refractivity contribution in [3.8, 4) is 5.69 Å². The number of amides is 1. The fourth-order valence-corrected chi connectivity index (χ4v) is 4.05. The van der Waals surface area contributed by atoms with Gasteiger partial charge in [-0.2, -0.15) is 5.10 Å². The predicted molar refractivity (Wildman–Crippen MR) is 106 cm³/mol. The lowest BCUT2D eigenvalue weighted by Crippen LogP contribution is -2.34. The van der Waals surface area contributed by atoms with E-state index in [1.54, 1.807) is 18.1 Å². The van der Waals surface area contributed by atoms with E-state index in [-0.39, 0.29) is 10.9 Å². The molecule has 0 aliphatic rings. The fourth-order valence-electron chi connectivity index (χ4n) is 2.68. The Hall–Kier alpha value is -2.71. The smallest absolute Gasteiger partial charge is 0.238 e. The van der Waals surface area contributed by atoms with Crippen LogP contribution in [0.25, 0.3) is 5.69 Å². The van der Waals surface area contributed by atoms with Gasteiger partial charge < -0.3 is 4.90 Å². The summed E-state index contributed by atoms with van der Waals surface area (Å²) in [5.74, 6) is -1.09. The Morgan fingerprint density at radius 2 is 1.79 bits per heavy atom. The summed E-state index contributed by atoms with van der Waals surface area (Å²) in [6.45, 7) is 1.84. The van der Waals surface area contributed by atoms with E-state index in [1.807, 2.05) is 31.2 Å². The third-order valence-electron chi connectivity index (χ3n) is 4.52. The lowest BCUT2D eigenvalue weighted by molar-refractivity contribution is -0.129. The maximum absolute atomic E-state index is 12.6. The summed E-state index contributed by atoms with van der Waals surface area (Å²) in [6.07, 6.45) is 3.04. The van der Waals surface area contributed by atoms with Crippen LogP contribution in [0.4, 0.5) is 0 Å². The lowest BCUT2D eigenvalue weighted by atomic mass is 10.1. The average molecular weight is 419 g/mol. The Morgan fingerprint density at radius 3 is 2.36 bits per heavy atom. The molecule has 2 aromatic carbocycles. The molecule has 146 valence electrons. The summed E-state index contributed by atoms with van der Waals surface area (Å²) >= 11 is 5.79. The van der Waals surface area contributed by atoms with Gasteiger partial charge in [0.15, 0.2) is 9.84 Å². The predicted octanol–water partition coefficient (Wildman–Crippen LogP) is 2.91. The van der Waals surface area contributed by atoms with E-state index in [0.717, 1.165) is 11.3 Å². The second-order valence-corrected chi connectivity index (χ2v) is 8.75. The molecule has 1 amide bonds. The average Bonchev–Trinajstić information content (AvgIpc) is 3.21. The largest absolute Gasteiger partial charge is 0.338 e. The molecular weight excluding hydrogens is 400 g/mol. The number of sulfone groups is 1. The van der Waals surface area contributed by atoms with E-state index in [0.29, 0.717) is 5.02 Å². The van der Waals surface area contributed by atoms with Crippen molar-refractivity contribution in [2.75, 3.05) is 12.8 Å². The van der Waals surface area contributed by atoms with Gasteiger partial charge in [0.2, 0.25) is 5.91 Å². The van der Waals surface area contributed by atoms with Crippen LogP contribution < -0.4 is 0 Å². The van der Waals surface area contributed by atoms with Gasteiger partial charge in [-0.3, -0.25) is 4.79 Å². The van der Waals surface area contributed by atoms with Crippen molar-refractivity contribution in [1.82, 2.24) is 19.7 Å². The van der Waals surface area contributed by atoms with E-state index < -0.39 is 21.5 Å². The van der Waals surface area contributed by atoms with Gasteiger partial charge in [0.05, 0.1) is 16.6 Å². The van der Waals surface area contributed by atoms with Crippen LogP contribution in [0.1, 0.15) is 18.5 Å². The molecule has 0 radical (unpaired) electrons. The molecule has 9 heteroatoms. The van der Waals surface area contributed by atoms with Gasteiger partial charge in [0, 0.05) is 12.1 Å². The number of carbonyl (C=O) groups is 1. The van der Waals surface area contributed by atoms with Crippen LogP contribution in [0.5, 0.6) is 0 Å². The minimum Gasteiger partial charge on any atom is -0.338 e. The van der Waals surface area contributed by atoms with Crippen LogP contribution in [-0.2, 0) is 14.6 Å². The quantitative estimate of drug-likeness (QED) is 0.614. The summed E-state index contributed by atoms with van der Waals surface area (Å²) in [7, 11) is -2.15. The van der Waals surface area contributed by atoms with Crippen LogP contribution in [0.15, 0.2) is 66.1 Å². The molecule has 0 saturated heterocycles. The van der Waals surface area contributed by atoms with Crippen molar-refractivity contribution < 1.29 is 13.2 Å². The molecule has 0 spiro atoms. The topological polar surface area (TPSA) is 85.2 Å². The van der Waals surface area contributed by atoms with E-state index >= 15 is 0 Å². The Kier molecular flexibility index (Phi) is 5.81. The summed E-state index contributed by atoms with van der Waals surface area (Å²) in [6, 6.07) is 13.0. The highest BCUT2D eigenvalue weighted by Gasteiger charge is 2.25. The maximum atomic E-state index is 12.6. The van der Waals surface area contributed by atoms with Crippen LogP contribution in [0.2, 0.25) is 5.02 Å². The van der Waals surface area contributed by atoms with Gasteiger partial charge in [-0.1, -0.05) is 23.7 Å². The van der Waals surface area contributed by atoms with E-state index in [9.17, 15) is 13.2 Å². The van der Waals surface area contributed by atoms with Crippen molar-refractivity contribution in [2.24, 2.45) is 0 Å². The zero-order chi connectivity index (χ0) is 20.3. The standard InChI is InChI=1S/C19H19ClN4O3S/c1-14(15-3-7-17(8-4-15)24-13-21-12-22-24)23(2)19(25)11-28(26,27)18-9-5-16(20)6-10-18/h3-10,12-14H,11H2,1-2H3/t14-/m1/s1. The minimum absolute atomic E-state index is 0.0727. The zero-order valence-electron chi connectivity index (χ0n) is 15.4. The highest BCUT2D eigenvalue weighted by atomic mass is 35.5. The highest BCUT2D eigenvalue weighted by Crippen LogP contribution is 2.22. The molecule has 0 aliphatic carbocycles. The van der Waals surface area contributed by atoms with Crippen LogP contribution in [0, 0.1) is 0 Å². The Balaban J connectivity index is 1.71. The number of hydrogen-bond acceptors (Lipinski definition) is 5. The van der Waals surface area contributed by atoms with Crippen LogP contribution >= 0.6 is 11.6 Å². The van der Waals surface area contributed by atoms with E-state index in [1.165, 1.54) is 35.5 Å². The monoisotopic (exact) mass is 418 g/mol. The first-order chi connectivity index (χ1) is 13.3. The minimum atomic E-state index is -3.74. The van der Waals surface area contributed by atoms with Crippen LogP contribution in [0.3, 0.4) is 0 Å². The molecule has 0 aliphatic heterocycles. The van der Waals surface area contributed by atoms with E-state index in [2.05, 4.69) is 10.1 Å². The van der Waals surface area contributed by atoms with Crippen molar-refractivity contribution in [1.29, 1.82) is 0 Å². The summed E-state index contributed by atoms with van der Waals surface area (Å²) in [5, 5.41) is 4.50. The number of aromatic nitrogens is 3. The summed E-state index contributed by atoms with van der Waals surface area (Å²) in [5.41, 5.74) is 1.72. The number of carbonyl (C=O) groups excluding carboxylic acids is 1. The highest BCUT2D eigenvalue weighted by molar-refractivity contribution is 7.92. The number of benzene rings is 2. The number of rotatable bonds is 6. The molecule has 0 N–H and O–H groups in total. The molecule has 0 fully saturated rings. The molecule has 3 rings (SSSR count). The SMILES string of the molecule is C[C@H](c1ccc(-n2cncn2)cc1)N(C)C(=O)CS(=O)(=O)c1ccc(Cl)cc1. The first-order valence-corrected chi connectivity index (χ1v) is 10.5. The zero-order valence-corrected chi connectivity index (χ0v) is 16.9. The number of halogens is 1. The first kappa shape index (κ1) is 20.0. The van der Waals surface area contributed by atoms with Crippen molar-refractivity contribution in [3.63, 3.8) is 0 Å².